The molecule has 1 amide bonds. The van der Waals surface area contributed by atoms with Crippen molar-refractivity contribution in [3.05, 3.63) is 35.4 Å². The Labute approximate surface area is 128 Å². The summed E-state index contributed by atoms with van der Waals surface area (Å²) in [6.07, 6.45) is 1.90. The van der Waals surface area contributed by atoms with E-state index < -0.39 is 17.2 Å². The Balaban J connectivity index is 1.89. The van der Waals surface area contributed by atoms with Crippen molar-refractivity contribution in [3.8, 4) is 6.07 Å². The van der Waals surface area contributed by atoms with E-state index in [1.165, 1.54) is 12.1 Å². The van der Waals surface area contributed by atoms with Crippen LogP contribution in [0.25, 0.3) is 0 Å². The quantitative estimate of drug-likeness (QED) is 0.834. The molecular weight excluding hydrogens is 288 g/mol. The summed E-state index contributed by atoms with van der Waals surface area (Å²) in [5.74, 6) is -1.29. The maximum Gasteiger partial charge on any atom is 0.276 e. The van der Waals surface area contributed by atoms with E-state index in [-0.39, 0.29) is 24.4 Å². The molecule has 0 radical (unpaired) electrons. The number of rotatable bonds is 6. The van der Waals surface area contributed by atoms with Crippen LogP contribution in [-0.2, 0) is 4.79 Å². The van der Waals surface area contributed by atoms with Crippen LogP contribution in [0, 0.1) is 28.9 Å². The van der Waals surface area contributed by atoms with Crippen molar-refractivity contribution >= 4 is 5.91 Å². The molecule has 6 heteroatoms. The van der Waals surface area contributed by atoms with Crippen LogP contribution >= 0.6 is 0 Å². The van der Waals surface area contributed by atoms with Gasteiger partial charge in [0.2, 0.25) is 0 Å². The second-order valence-electron chi connectivity index (χ2n) is 6.03. The highest BCUT2D eigenvalue weighted by molar-refractivity contribution is 5.78. The van der Waals surface area contributed by atoms with Gasteiger partial charge >= 0.3 is 0 Å². The fourth-order valence-electron chi connectivity index (χ4n) is 2.50. The second-order valence-corrected chi connectivity index (χ2v) is 6.03. The maximum absolute atomic E-state index is 13.7. The predicted molar refractivity (Wildman–Crippen MR) is 76.5 cm³/mol. The molecule has 0 unspecified atom stereocenters. The van der Waals surface area contributed by atoms with Crippen LogP contribution < -0.4 is 10.6 Å². The van der Waals surface area contributed by atoms with Crippen molar-refractivity contribution in [2.24, 2.45) is 5.92 Å². The van der Waals surface area contributed by atoms with Gasteiger partial charge < -0.3 is 10.6 Å². The number of amides is 1. The normalized spacial score (nSPS) is 18.1. The lowest BCUT2D eigenvalue weighted by molar-refractivity contribution is -0.682. The lowest BCUT2D eigenvalue weighted by Crippen LogP contribution is -2.87. The zero-order chi connectivity index (χ0) is 16.3. The van der Waals surface area contributed by atoms with Gasteiger partial charge in [0.25, 0.3) is 5.91 Å². The van der Waals surface area contributed by atoms with Gasteiger partial charge in [0.15, 0.2) is 6.54 Å². The first-order valence-electron chi connectivity index (χ1n) is 7.36. The Hall–Kier alpha value is -2.00. The van der Waals surface area contributed by atoms with Crippen molar-refractivity contribution in [3.63, 3.8) is 0 Å². The monoisotopic (exact) mass is 308 g/mol. The molecule has 1 saturated carbocycles. The number of quaternary nitrogens is 1. The zero-order valence-electron chi connectivity index (χ0n) is 12.7. The average molecular weight is 308 g/mol. The van der Waals surface area contributed by atoms with Crippen LogP contribution in [0.4, 0.5) is 8.78 Å². The molecule has 118 valence electrons. The van der Waals surface area contributed by atoms with Crippen molar-refractivity contribution < 1.29 is 18.9 Å². The van der Waals surface area contributed by atoms with E-state index in [0.29, 0.717) is 5.56 Å². The Kier molecular flexibility index (Phi) is 4.77. The predicted octanol–water partition coefficient (Wildman–Crippen LogP) is 1.40. The molecule has 0 bridgehead atoms. The van der Waals surface area contributed by atoms with E-state index in [9.17, 15) is 18.8 Å². The number of nitriles is 1. The van der Waals surface area contributed by atoms with Crippen LogP contribution in [0.1, 0.15) is 38.3 Å². The fourth-order valence-corrected chi connectivity index (χ4v) is 2.50. The van der Waals surface area contributed by atoms with Crippen LogP contribution in [0.2, 0.25) is 0 Å². The van der Waals surface area contributed by atoms with Crippen LogP contribution in [0.3, 0.4) is 0 Å². The molecule has 0 saturated heterocycles. The van der Waals surface area contributed by atoms with Gasteiger partial charge in [-0.2, -0.15) is 5.26 Å². The average Bonchev–Trinajstić information content (AvgIpc) is 3.29. The Morgan fingerprint density at radius 1 is 1.55 bits per heavy atom. The molecule has 2 atom stereocenters. The standard InChI is InChI=1S/C16H19F2N3O/c1-10(13-6-5-12(17)7-14(13)18)20-8-15(22)21-16(2,9-19)11-3-4-11/h5-7,10-11,20H,3-4,8H2,1-2H3,(H,21,22)/p+1/t10-,16+/m1/s1. The zero-order valence-corrected chi connectivity index (χ0v) is 12.7. The fraction of sp³-hybridized carbons (Fsp3) is 0.500. The highest BCUT2D eigenvalue weighted by Gasteiger charge is 2.43. The molecule has 0 heterocycles. The Bertz CT molecular complexity index is 610. The Morgan fingerprint density at radius 2 is 2.23 bits per heavy atom. The molecule has 0 aromatic heterocycles. The van der Waals surface area contributed by atoms with Gasteiger partial charge in [-0.25, -0.2) is 8.78 Å². The van der Waals surface area contributed by atoms with Gasteiger partial charge in [-0.1, -0.05) is 0 Å². The van der Waals surface area contributed by atoms with Crippen LogP contribution in [0.5, 0.6) is 0 Å². The lowest BCUT2D eigenvalue weighted by Gasteiger charge is -2.22. The van der Waals surface area contributed by atoms with E-state index in [1.54, 1.807) is 19.2 Å². The van der Waals surface area contributed by atoms with Gasteiger partial charge in [0.05, 0.1) is 6.07 Å². The smallest absolute Gasteiger partial charge is 0.276 e. The molecule has 1 aromatic rings. The summed E-state index contributed by atoms with van der Waals surface area (Å²) >= 11 is 0. The van der Waals surface area contributed by atoms with Crippen molar-refractivity contribution in [2.45, 2.75) is 38.3 Å². The largest absolute Gasteiger partial charge is 0.333 e. The third-order valence-corrected chi connectivity index (χ3v) is 4.14. The molecule has 1 aliphatic carbocycles. The summed E-state index contributed by atoms with van der Waals surface area (Å²) in [6, 6.07) is 5.25. The second kappa shape index (κ2) is 6.41. The summed E-state index contributed by atoms with van der Waals surface area (Å²) in [5.41, 5.74) is -0.477. The maximum atomic E-state index is 13.7. The molecule has 4 nitrogen and oxygen atoms in total. The number of nitrogens with two attached hydrogens (primary N) is 1. The first-order valence-corrected chi connectivity index (χ1v) is 7.36. The number of carbonyl (C=O) groups is 1. The summed E-state index contributed by atoms with van der Waals surface area (Å²) in [5, 5.41) is 13.6. The van der Waals surface area contributed by atoms with Crippen molar-refractivity contribution in [1.82, 2.24) is 5.32 Å². The molecule has 1 aromatic carbocycles. The highest BCUT2D eigenvalue weighted by atomic mass is 19.1. The summed E-state index contributed by atoms with van der Waals surface area (Å²) in [6.45, 7) is 3.56. The molecule has 0 aliphatic heterocycles. The minimum Gasteiger partial charge on any atom is -0.333 e. The minimum absolute atomic E-state index is 0.0853. The van der Waals surface area contributed by atoms with Gasteiger partial charge in [-0.3, -0.25) is 4.79 Å². The van der Waals surface area contributed by atoms with Gasteiger partial charge in [-0.05, 0) is 44.7 Å². The van der Waals surface area contributed by atoms with Crippen LogP contribution in [-0.4, -0.2) is 18.0 Å². The molecule has 0 spiro atoms. The lowest BCUT2D eigenvalue weighted by atomic mass is 9.98. The number of halogens is 2. The highest BCUT2D eigenvalue weighted by Crippen LogP contribution is 2.39. The molecule has 3 N–H and O–H groups in total. The molecule has 2 rings (SSSR count). The summed E-state index contributed by atoms with van der Waals surface area (Å²) in [4.78, 5) is 12.0. The number of carbonyl (C=O) groups excluding carboxylic acids is 1. The molecular formula is C16H20F2N3O+. The van der Waals surface area contributed by atoms with Crippen LogP contribution in [0.15, 0.2) is 18.2 Å². The number of nitrogens with one attached hydrogen (secondary N) is 1. The third-order valence-electron chi connectivity index (χ3n) is 4.14. The SMILES string of the molecule is C[C@@H]([NH2+]CC(=O)N[C@@](C)(C#N)C1CC1)c1ccc(F)cc1F. The Morgan fingerprint density at radius 3 is 2.77 bits per heavy atom. The minimum atomic E-state index is -0.824. The van der Waals surface area contributed by atoms with E-state index in [4.69, 9.17) is 0 Å². The van der Waals surface area contributed by atoms with E-state index in [2.05, 4.69) is 11.4 Å². The topological polar surface area (TPSA) is 69.5 Å². The number of hydrogen-bond donors (Lipinski definition) is 2. The van der Waals surface area contributed by atoms with E-state index >= 15 is 0 Å². The molecule has 22 heavy (non-hydrogen) atoms. The first-order chi connectivity index (χ1) is 10.4. The van der Waals surface area contributed by atoms with Crippen molar-refractivity contribution in [2.75, 3.05) is 6.54 Å². The first kappa shape index (κ1) is 16.4. The summed E-state index contributed by atoms with van der Waals surface area (Å²) in [7, 11) is 0. The molecule has 1 fully saturated rings. The van der Waals surface area contributed by atoms with Gasteiger partial charge in [-0.15, -0.1) is 0 Å². The number of hydrogen-bond acceptors (Lipinski definition) is 2. The number of benzene rings is 1. The molecule has 1 aliphatic rings. The summed E-state index contributed by atoms with van der Waals surface area (Å²) < 4.78 is 26.5. The van der Waals surface area contributed by atoms with Gasteiger partial charge in [0.1, 0.15) is 23.2 Å². The van der Waals surface area contributed by atoms with Crippen molar-refractivity contribution in [1.29, 1.82) is 5.26 Å². The van der Waals surface area contributed by atoms with E-state index in [0.717, 1.165) is 18.9 Å². The number of nitrogens with zero attached hydrogens (tertiary/aromatic N) is 1. The van der Waals surface area contributed by atoms with Gasteiger partial charge in [0, 0.05) is 11.6 Å². The van der Waals surface area contributed by atoms with E-state index in [1.807, 2.05) is 0 Å². The third kappa shape index (κ3) is 3.80.